The van der Waals surface area contributed by atoms with Crippen LogP contribution in [0.4, 0.5) is 0 Å². The van der Waals surface area contributed by atoms with Crippen LogP contribution in [0.2, 0.25) is 0 Å². The number of hydrogen-bond donors (Lipinski definition) is 1. The Morgan fingerprint density at radius 2 is 2.00 bits per heavy atom. The Morgan fingerprint density at radius 1 is 1.17 bits per heavy atom. The van der Waals surface area contributed by atoms with E-state index in [0.29, 0.717) is 6.04 Å². The molecule has 0 saturated heterocycles. The topological polar surface area (TPSA) is 12.0 Å². The maximum absolute atomic E-state index is 3.67. The van der Waals surface area contributed by atoms with Crippen molar-refractivity contribution in [2.24, 2.45) is 0 Å². The van der Waals surface area contributed by atoms with E-state index in [1.165, 1.54) is 21.6 Å². The first-order valence-corrected chi connectivity index (χ1v) is 7.45. The van der Waals surface area contributed by atoms with Gasteiger partial charge in [0.2, 0.25) is 0 Å². The molecule has 0 radical (unpaired) electrons. The first-order valence-electron chi connectivity index (χ1n) is 6.57. The van der Waals surface area contributed by atoms with Gasteiger partial charge in [0.05, 0.1) is 6.04 Å². The van der Waals surface area contributed by atoms with Crippen LogP contribution in [0.25, 0.3) is 0 Å². The molecule has 1 aromatic carbocycles. The fourth-order valence-electron chi connectivity index (χ4n) is 2.19. The molecule has 0 spiro atoms. The smallest absolute Gasteiger partial charge is 0.0673 e. The van der Waals surface area contributed by atoms with Gasteiger partial charge in [-0.15, -0.1) is 11.3 Å². The van der Waals surface area contributed by atoms with Gasteiger partial charge in [0.25, 0.3) is 0 Å². The predicted molar refractivity (Wildman–Crippen MR) is 80.4 cm³/mol. The monoisotopic (exact) mass is 259 g/mol. The Bertz CT molecular complexity index is 488. The van der Waals surface area contributed by atoms with Gasteiger partial charge in [0, 0.05) is 4.88 Å². The van der Waals surface area contributed by atoms with E-state index in [4.69, 9.17) is 0 Å². The van der Waals surface area contributed by atoms with E-state index < -0.39 is 0 Å². The molecule has 1 unspecified atom stereocenters. The van der Waals surface area contributed by atoms with E-state index in [-0.39, 0.29) is 0 Å². The van der Waals surface area contributed by atoms with Crippen LogP contribution < -0.4 is 5.32 Å². The minimum atomic E-state index is 0.338. The van der Waals surface area contributed by atoms with Gasteiger partial charge in [0.15, 0.2) is 0 Å². The van der Waals surface area contributed by atoms with Crippen LogP contribution in [0, 0.1) is 13.8 Å². The zero-order chi connectivity index (χ0) is 13.0. The Labute approximate surface area is 114 Å². The number of benzene rings is 1. The van der Waals surface area contributed by atoms with Gasteiger partial charge in [0.1, 0.15) is 0 Å². The number of hydrogen-bond acceptors (Lipinski definition) is 2. The normalized spacial score (nSPS) is 12.6. The Hall–Kier alpha value is -1.12. The van der Waals surface area contributed by atoms with Crippen molar-refractivity contribution in [3.63, 3.8) is 0 Å². The molecule has 1 atom stereocenters. The Balaban J connectivity index is 2.37. The second kappa shape index (κ2) is 6.17. The third kappa shape index (κ3) is 2.82. The lowest BCUT2D eigenvalue weighted by atomic mass is 9.96. The summed E-state index contributed by atoms with van der Waals surface area (Å²) in [5.41, 5.74) is 4.18. The number of thiophene rings is 1. The minimum Gasteiger partial charge on any atom is -0.306 e. The summed E-state index contributed by atoms with van der Waals surface area (Å²) in [4.78, 5) is 1.40. The highest BCUT2D eigenvalue weighted by molar-refractivity contribution is 7.10. The summed E-state index contributed by atoms with van der Waals surface area (Å²) in [5.74, 6) is 0. The maximum atomic E-state index is 3.67. The molecule has 2 heteroatoms. The molecule has 96 valence electrons. The van der Waals surface area contributed by atoms with Gasteiger partial charge in [-0.05, 0) is 54.9 Å². The molecule has 1 heterocycles. The molecular formula is C16H21NS. The van der Waals surface area contributed by atoms with E-state index in [0.717, 1.165) is 13.0 Å². The van der Waals surface area contributed by atoms with Crippen molar-refractivity contribution in [2.45, 2.75) is 33.2 Å². The molecule has 0 bridgehead atoms. The van der Waals surface area contributed by atoms with Gasteiger partial charge in [-0.2, -0.15) is 0 Å². The molecule has 0 amide bonds. The SMILES string of the molecule is CCCNC(c1cccs1)c1cccc(C)c1C. The summed E-state index contributed by atoms with van der Waals surface area (Å²) in [6, 6.07) is 11.3. The lowest BCUT2D eigenvalue weighted by Gasteiger charge is -2.20. The van der Waals surface area contributed by atoms with Crippen molar-refractivity contribution in [2.75, 3.05) is 6.54 Å². The quantitative estimate of drug-likeness (QED) is 0.836. The fraction of sp³-hybridized carbons (Fsp3) is 0.375. The van der Waals surface area contributed by atoms with E-state index in [9.17, 15) is 0 Å². The summed E-state index contributed by atoms with van der Waals surface area (Å²) >= 11 is 1.83. The third-order valence-electron chi connectivity index (χ3n) is 3.38. The molecule has 0 aliphatic carbocycles. The van der Waals surface area contributed by atoms with E-state index in [1.807, 2.05) is 11.3 Å². The average Bonchev–Trinajstić information content (AvgIpc) is 2.88. The maximum Gasteiger partial charge on any atom is 0.0673 e. The van der Waals surface area contributed by atoms with Crippen molar-refractivity contribution < 1.29 is 0 Å². The Kier molecular flexibility index (Phi) is 4.56. The summed E-state index contributed by atoms with van der Waals surface area (Å²) in [5, 5.41) is 5.82. The molecule has 2 aromatic rings. The largest absolute Gasteiger partial charge is 0.306 e. The number of nitrogens with one attached hydrogen (secondary N) is 1. The van der Waals surface area contributed by atoms with Crippen LogP contribution in [0.5, 0.6) is 0 Å². The molecule has 2 rings (SSSR count). The molecule has 1 nitrogen and oxygen atoms in total. The third-order valence-corrected chi connectivity index (χ3v) is 4.32. The summed E-state index contributed by atoms with van der Waals surface area (Å²) < 4.78 is 0. The van der Waals surface area contributed by atoms with Crippen molar-refractivity contribution >= 4 is 11.3 Å². The van der Waals surface area contributed by atoms with E-state index in [1.54, 1.807) is 0 Å². The van der Waals surface area contributed by atoms with Crippen LogP contribution in [0.1, 0.15) is 41.0 Å². The molecular weight excluding hydrogens is 238 g/mol. The molecule has 0 aliphatic rings. The Morgan fingerprint density at radius 3 is 2.67 bits per heavy atom. The van der Waals surface area contributed by atoms with Crippen LogP contribution in [-0.2, 0) is 0 Å². The zero-order valence-electron chi connectivity index (χ0n) is 11.4. The van der Waals surface area contributed by atoms with Crippen LogP contribution in [-0.4, -0.2) is 6.54 Å². The summed E-state index contributed by atoms with van der Waals surface area (Å²) in [6.07, 6.45) is 1.16. The van der Waals surface area contributed by atoms with Crippen molar-refractivity contribution in [3.05, 3.63) is 57.3 Å². The highest BCUT2D eigenvalue weighted by Crippen LogP contribution is 2.29. The van der Waals surface area contributed by atoms with Crippen molar-refractivity contribution in [1.29, 1.82) is 0 Å². The zero-order valence-corrected chi connectivity index (χ0v) is 12.2. The summed E-state index contributed by atoms with van der Waals surface area (Å²) in [7, 11) is 0. The van der Waals surface area contributed by atoms with Crippen LogP contribution >= 0.6 is 11.3 Å². The second-order valence-corrected chi connectivity index (χ2v) is 5.67. The summed E-state index contributed by atoms with van der Waals surface area (Å²) in [6.45, 7) is 7.67. The number of aryl methyl sites for hydroxylation is 1. The highest BCUT2D eigenvalue weighted by atomic mass is 32.1. The molecule has 1 N–H and O–H groups in total. The van der Waals surface area contributed by atoms with Crippen molar-refractivity contribution in [3.8, 4) is 0 Å². The molecule has 0 aliphatic heterocycles. The minimum absolute atomic E-state index is 0.338. The highest BCUT2D eigenvalue weighted by Gasteiger charge is 2.16. The first-order chi connectivity index (χ1) is 8.74. The molecule has 0 saturated carbocycles. The second-order valence-electron chi connectivity index (χ2n) is 4.69. The fourth-order valence-corrected chi connectivity index (χ4v) is 3.01. The van der Waals surface area contributed by atoms with Gasteiger partial charge in [-0.1, -0.05) is 31.2 Å². The van der Waals surface area contributed by atoms with Crippen LogP contribution in [0.3, 0.4) is 0 Å². The van der Waals surface area contributed by atoms with Gasteiger partial charge in [-0.25, -0.2) is 0 Å². The van der Waals surface area contributed by atoms with Gasteiger partial charge in [-0.3, -0.25) is 0 Å². The standard InChI is InChI=1S/C16H21NS/c1-4-10-17-16(15-9-6-11-18-15)14-8-5-7-12(2)13(14)3/h5-9,11,16-17H,4,10H2,1-3H3. The van der Waals surface area contributed by atoms with E-state index in [2.05, 4.69) is 61.8 Å². The van der Waals surface area contributed by atoms with Gasteiger partial charge < -0.3 is 5.32 Å². The lowest BCUT2D eigenvalue weighted by Crippen LogP contribution is -2.23. The van der Waals surface area contributed by atoms with Crippen molar-refractivity contribution in [1.82, 2.24) is 5.32 Å². The van der Waals surface area contributed by atoms with E-state index >= 15 is 0 Å². The van der Waals surface area contributed by atoms with Gasteiger partial charge >= 0.3 is 0 Å². The molecule has 18 heavy (non-hydrogen) atoms. The molecule has 0 fully saturated rings. The first kappa shape index (κ1) is 13.3. The predicted octanol–water partition coefficient (Wildman–Crippen LogP) is 4.45. The van der Waals surface area contributed by atoms with Crippen LogP contribution in [0.15, 0.2) is 35.7 Å². The number of rotatable bonds is 5. The lowest BCUT2D eigenvalue weighted by molar-refractivity contribution is 0.603. The molecule has 1 aromatic heterocycles. The average molecular weight is 259 g/mol.